The van der Waals surface area contributed by atoms with E-state index in [0.29, 0.717) is 0 Å². The van der Waals surface area contributed by atoms with Crippen LogP contribution in [0.1, 0.15) is 12.8 Å². The molecule has 0 aromatic carbocycles. The van der Waals surface area contributed by atoms with Crippen LogP contribution in [0.3, 0.4) is 0 Å². The molecule has 0 aliphatic heterocycles. The molecule has 13 heavy (non-hydrogen) atoms. The minimum atomic E-state index is -1.00. The molecule has 72 valence electrons. The maximum atomic E-state index is 10.4. The van der Waals surface area contributed by atoms with Gasteiger partial charge in [0.2, 0.25) is 0 Å². The Balaban J connectivity index is 2.62. The molecule has 0 amide bonds. The molecule has 0 bridgehead atoms. The van der Waals surface area contributed by atoms with Crippen LogP contribution >= 0.6 is 0 Å². The van der Waals surface area contributed by atoms with Gasteiger partial charge in [0.1, 0.15) is 6.04 Å². The lowest BCUT2D eigenvalue weighted by atomic mass is 9.97. The molecule has 0 aromatic rings. The van der Waals surface area contributed by atoms with E-state index in [1.807, 2.05) is 12.2 Å². The van der Waals surface area contributed by atoms with Gasteiger partial charge in [-0.15, -0.1) is 0 Å². The molecule has 4 nitrogen and oxygen atoms in total. The Kier molecular flexibility index (Phi) is 3.22. The number of hydrogen-bond acceptors (Lipinski definition) is 3. The highest BCUT2D eigenvalue weighted by Crippen LogP contribution is 2.15. The highest BCUT2D eigenvalue weighted by molar-refractivity contribution is 5.75. The largest absolute Gasteiger partial charge is 0.480 e. The summed E-state index contributed by atoms with van der Waals surface area (Å²) in [6.07, 6.45) is 6.93. The van der Waals surface area contributed by atoms with Crippen molar-refractivity contribution in [1.29, 1.82) is 0 Å². The van der Waals surface area contributed by atoms with Crippen LogP contribution < -0.4 is 11.5 Å². The first kappa shape index (κ1) is 9.95. The summed E-state index contributed by atoms with van der Waals surface area (Å²) in [5, 5.41) is 8.55. The van der Waals surface area contributed by atoms with Crippen molar-refractivity contribution in [2.45, 2.75) is 24.9 Å². The van der Waals surface area contributed by atoms with Crippen molar-refractivity contribution in [3.8, 4) is 0 Å². The van der Waals surface area contributed by atoms with Crippen LogP contribution in [0.25, 0.3) is 0 Å². The van der Waals surface area contributed by atoms with Crippen molar-refractivity contribution < 1.29 is 9.90 Å². The van der Waals surface area contributed by atoms with E-state index in [4.69, 9.17) is 16.6 Å². The summed E-state index contributed by atoms with van der Waals surface area (Å²) in [6.45, 7) is 0. The molecule has 1 aliphatic rings. The van der Waals surface area contributed by atoms with Gasteiger partial charge in [0, 0.05) is 6.04 Å². The summed E-state index contributed by atoms with van der Waals surface area (Å²) in [5.41, 5.74) is 11.9. The van der Waals surface area contributed by atoms with Crippen LogP contribution in [0.2, 0.25) is 0 Å². The van der Waals surface area contributed by atoms with Crippen molar-refractivity contribution >= 4 is 5.97 Å². The average Bonchev–Trinajstić information content (AvgIpc) is 2.08. The minimum absolute atomic E-state index is 0.0956. The summed E-state index contributed by atoms with van der Waals surface area (Å²) >= 11 is 0. The number of nitrogens with two attached hydrogens (primary N) is 2. The third-order valence-corrected chi connectivity index (χ3v) is 2.00. The van der Waals surface area contributed by atoms with Crippen molar-refractivity contribution in [2.75, 3.05) is 0 Å². The molecule has 2 atom stereocenters. The number of carboxylic acid groups (broad SMARTS) is 1. The normalized spacial score (nSPS) is 27.5. The third-order valence-electron chi connectivity index (χ3n) is 2.00. The van der Waals surface area contributed by atoms with Crippen LogP contribution in [0, 0.1) is 0 Å². The second kappa shape index (κ2) is 4.20. The second-order valence-electron chi connectivity index (χ2n) is 3.17. The fraction of sp³-hybridized carbons (Fsp3) is 0.444. The fourth-order valence-corrected chi connectivity index (χ4v) is 1.20. The molecule has 0 radical (unpaired) electrons. The van der Waals surface area contributed by atoms with Crippen LogP contribution in [0.5, 0.6) is 0 Å². The number of rotatable bonds is 2. The molecule has 0 aromatic heterocycles. The molecule has 4 heteroatoms. The van der Waals surface area contributed by atoms with Gasteiger partial charge in [0.15, 0.2) is 0 Å². The Bertz CT molecular complexity index is 258. The van der Waals surface area contributed by atoms with E-state index in [1.54, 1.807) is 6.08 Å². The standard InChI is InChI=1S/C9H14N2O2/c10-7-3-1-6(2-4-7)5-8(11)9(12)13/h1,3,5,7-8H,2,4,10-11H2,(H,12,13)/b6-5+. The first-order valence-electron chi connectivity index (χ1n) is 4.22. The van der Waals surface area contributed by atoms with E-state index < -0.39 is 12.0 Å². The van der Waals surface area contributed by atoms with Crippen LogP contribution in [-0.4, -0.2) is 23.2 Å². The predicted octanol–water partition coefficient (Wildman–Crippen LogP) is 0.00200. The van der Waals surface area contributed by atoms with Crippen molar-refractivity contribution in [1.82, 2.24) is 0 Å². The van der Waals surface area contributed by atoms with Gasteiger partial charge in [-0.3, -0.25) is 4.79 Å². The van der Waals surface area contributed by atoms with Gasteiger partial charge in [-0.1, -0.05) is 23.8 Å². The van der Waals surface area contributed by atoms with Gasteiger partial charge in [-0.2, -0.15) is 0 Å². The van der Waals surface area contributed by atoms with Gasteiger partial charge in [-0.25, -0.2) is 0 Å². The van der Waals surface area contributed by atoms with E-state index in [1.165, 1.54) is 0 Å². The zero-order chi connectivity index (χ0) is 9.84. The van der Waals surface area contributed by atoms with Gasteiger partial charge in [-0.05, 0) is 12.8 Å². The second-order valence-corrected chi connectivity index (χ2v) is 3.17. The lowest BCUT2D eigenvalue weighted by Crippen LogP contribution is -2.28. The van der Waals surface area contributed by atoms with Crippen molar-refractivity contribution in [2.24, 2.45) is 11.5 Å². The minimum Gasteiger partial charge on any atom is -0.480 e. The lowest BCUT2D eigenvalue weighted by Gasteiger charge is -2.14. The van der Waals surface area contributed by atoms with Crippen LogP contribution in [0.15, 0.2) is 23.8 Å². The molecule has 1 aliphatic carbocycles. The molecule has 2 unspecified atom stereocenters. The first-order valence-corrected chi connectivity index (χ1v) is 4.22. The van der Waals surface area contributed by atoms with Gasteiger partial charge in [0.05, 0.1) is 0 Å². The fourth-order valence-electron chi connectivity index (χ4n) is 1.20. The maximum absolute atomic E-state index is 10.4. The summed E-state index contributed by atoms with van der Waals surface area (Å²) in [5.74, 6) is -1.00. The zero-order valence-electron chi connectivity index (χ0n) is 7.31. The molecule has 0 spiro atoms. The Morgan fingerprint density at radius 1 is 1.77 bits per heavy atom. The molecule has 5 N–H and O–H groups in total. The molecular formula is C9H14N2O2. The van der Waals surface area contributed by atoms with E-state index in [9.17, 15) is 4.79 Å². The SMILES string of the molecule is NC1C=C/C(=C\C(N)C(=O)O)CC1. The highest BCUT2D eigenvalue weighted by atomic mass is 16.4. The quantitative estimate of drug-likeness (QED) is 0.561. The number of aliphatic carboxylic acids is 1. The Labute approximate surface area is 76.9 Å². The molecule has 0 saturated carbocycles. The topological polar surface area (TPSA) is 89.3 Å². The van der Waals surface area contributed by atoms with Gasteiger partial charge >= 0.3 is 5.97 Å². The number of carbonyl (C=O) groups is 1. The average molecular weight is 182 g/mol. The highest BCUT2D eigenvalue weighted by Gasteiger charge is 2.11. The van der Waals surface area contributed by atoms with Crippen molar-refractivity contribution in [3.05, 3.63) is 23.8 Å². The third kappa shape index (κ3) is 3.01. The molecule has 0 heterocycles. The van der Waals surface area contributed by atoms with Crippen LogP contribution in [-0.2, 0) is 4.79 Å². The molecular weight excluding hydrogens is 168 g/mol. The summed E-state index contributed by atoms with van der Waals surface area (Å²) in [6, 6.07) is -0.813. The number of hydrogen-bond donors (Lipinski definition) is 3. The van der Waals surface area contributed by atoms with E-state index >= 15 is 0 Å². The zero-order valence-corrected chi connectivity index (χ0v) is 7.31. The Morgan fingerprint density at radius 2 is 2.46 bits per heavy atom. The Morgan fingerprint density at radius 3 is 2.92 bits per heavy atom. The molecule has 1 rings (SSSR count). The summed E-state index contributed by atoms with van der Waals surface area (Å²) in [7, 11) is 0. The first-order chi connectivity index (χ1) is 6.09. The monoisotopic (exact) mass is 182 g/mol. The predicted molar refractivity (Wildman–Crippen MR) is 50.0 cm³/mol. The smallest absolute Gasteiger partial charge is 0.324 e. The van der Waals surface area contributed by atoms with E-state index in [2.05, 4.69) is 0 Å². The summed E-state index contributed by atoms with van der Waals surface area (Å²) < 4.78 is 0. The van der Waals surface area contributed by atoms with Crippen molar-refractivity contribution in [3.63, 3.8) is 0 Å². The summed E-state index contributed by atoms with van der Waals surface area (Å²) in [4.78, 5) is 10.4. The van der Waals surface area contributed by atoms with Gasteiger partial charge < -0.3 is 16.6 Å². The maximum Gasteiger partial charge on any atom is 0.324 e. The van der Waals surface area contributed by atoms with Gasteiger partial charge in [0.25, 0.3) is 0 Å². The number of carboxylic acids is 1. The number of allylic oxidation sites excluding steroid dienone is 2. The lowest BCUT2D eigenvalue weighted by molar-refractivity contribution is -0.137. The molecule has 0 fully saturated rings. The molecule has 0 saturated heterocycles. The van der Waals surface area contributed by atoms with Crippen LogP contribution in [0.4, 0.5) is 0 Å². The van der Waals surface area contributed by atoms with E-state index in [0.717, 1.165) is 18.4 Å². The Hall–Kier alpha value is -1.13. The van der Waals surface area contributed by atoms with E-state index in [-0.39, 0.29) is 6.04 Å².